The van der Waals surface area contributed by atoms with Crippen LogP contribution in [0, 0.1) is 5.92 Å². The van der Waals surface area contributed by atoms with Crippen LogP contribution in [0.1, 0.15) is 20.8 Å². The average molecular weight is 402 g/mol. The summed E-state index contributed by atoms with van der Waals surface area (Å²) in [7, 11) is 0. The van der Waals surface area contributed by atoms with Gasteiger partial charge in [-0.05, 0) is 0 Å². The fourth-order valence-corrected chi connectivity index (χ4v) is 2.99. The van der Waals surface area contributed by atoms with E-state index in [1.54, 1.807) is 0 Å². The zero-order valence-electron chi connectivity index (χ0n) is 15.6. The monoisotopic (exact) mass is 402 g/mol. The van der Waals surface area contributed by atoms with Gasteiger partial charge >= 0.3 is 23.9 Å². The van der Waals surface area contributed by atoms with Crippen molar-refractivity contribution in [3.8, 4) is 0 Å². The summed E-state index contributed by atoms with van der Waals surface area (Å²) < 4.78 is 21.0. The standard InChI is InChI=1S/C16H22N2O10/c1-7(20)25-6-11-12(26-8(2)21)13(27-9(3)22)15(28-11)18-4-10(5-19)14(23)17-16(18)24/h10-13,15,19H,4-6H2,1-3H3,(H,17,23,24)/t10?,11-,12-,13-,15-/m1/s1. The van der Waals surface area contributed by atoms with Gasteiger partial charge in [0, 0.05) is 27.3 Å². The number of esters is 3. The van der Waals surface area contributed by atoms with Crippen molar-refractivity contribution in [3.05, 3.63) is 0 Å². The Morgan fingerprint density at radius 1 is 1.11 bits per heavy atom. The Hall–Kier alpha value is -2.73. The highest BCUT2D eigenvalue weighted by Crippen LogP contribution is 2.31. The predicted molar refractivity (Wildman–Crippen MR) is 87.2 cm³/mol. The second-order valence-corrected chi connectivity index (χ2v) is 6.34. The number of ether oxygens (including phenoxy) is 4. The molecular formula is C16H22N2O10. The van der Waals surface area contributed by atoms with Crippen LogP contribution < -0.4 is 5.32 Å². The quantitative estimate of drug-likeness (QED) is 0.387. The molecule has 0 radical (unpaired) electrons. The second-order valence-electron chi connectivity index (χ2n) is 6.34. The summed E-state index contributed by atoms with van der Waals surface area (Å²) in [6, 6.07) is -0.827. The number of amides is 3. The van der Waals surface area contributed by atoms with Crippen LogP contribution in [-0.2, 0) is 38.1 Å². The van der Waals surface area contributed by atoms with Crippen LogP contribution in [0.25, 0.3) is 0 Å². The lowest BCUT2D eigenvalue weighted by Gasteiger charge is -2.36. The number of rotatable bonds is 6. The fraction of sp³-hybridized carbons (Fsp3) is 0.688. The molecule has 5 atom stereocenters. The Morgan fingerprint density at radius 3 is 2.25 bits per heavy atom. The Kier molecular flexibility index (Phi) is 6.91. The van der Waals surface area contributed by atoms with Gasteiger partial charge in [-0.25, -0.2) is 4.79 Å². The molecule has 2 fully saturated rings. The SMILES string of the molecule is CC(=O)OC[C@H]1O[C@@H](N2CC(CO)C(=O)NC2=O)[C@H](OC(C)=O)[C@@H]1OC(C)=O. The third kappa shape index (κ3) is 4.95. The molecule has 12 heteroatoms. The van der Waals surface area contributed by atoms with Crippen LogP contribution in [0.15, 0.2) is 0 Å². The minimum atomic E-state index is -1.24. The van der Waals surface area contributed by atoms with Crippen molar-refractivity contribution < 1.29 is 48.0 Å². The third-order valence-corrected chi connectivity index (χ3v) is 4.15. The number of nitrogens with one attached hydrogen (secondary N) is 1. The highest BCUT2D eigenvalue weighted by atomic mass is 16.7. The topological polar surface area (TPSA) is 158 Å². The summed E-state index contributed by atoms with van der Waals surface area (Å²) in [6.45, 7) is 2.37. The van der Waals surface area contributed by atoms with E-state index in [1.165, 1.54) is 6.92 Å². The van der Waals surface area contributed by atoms with Gasteiger partial charge in [-0.3, -0.25) is 29.4 Å². The average Bonchev–Trinajstić information content (AvgIpc) is 2.89. The van der Waals surface area contributed by atoms with Crippen molar-refractivity contribution >= 4 is 29.8 Å². The van der Waals surface area contributed by atoms with Gasteiger partial charge < -0.3 is 24.1 Å². The highest BCUT2D eigenvalue weighted by molar-refractivity contribution is 5.98. The number of imide groups is 1. The maximum atomic E-state index is 12.3. The molecule has 0 aromatic rings. The summed E-state index contributed by atoms with van der Waals surface area (Å²) in [5.74, 6) is -3.61. The molecule has 2 heterocycles. The normalized spacial score (nSPS) is 29.9. The van der Waals surface area contributed by atoms with E-state index in [9.17, 15) is 29.1 Å². The minimum absolute atomic E-state index is 0.212. The largest absolute Gasteiger partial charge is 0.463 e. The number of aliphatic hydroxyl groups excluding tert-OH is 1. The first kappa shape index (κ1) is 21.6. The first-order valence-corrected chi connectivity index (χ1v) is 8.49. The van der Waals surface area contributed by atoms with Crippen molar-refractivity contribution in [2.24, 2.45) is 5.92 Å². The molecule has 3 amide bonds. The lowest BCUT2D eigenvalue weighted by molar-refractivity contribution is -0.167. The number of aliphatic hydroxyl groups is 1. The lowest BCUT2D eigenvalue weighted by Crippen LogP contribution is -2.61. The second kappa shape index (κ2) is 8.97. The van der Waals surface area contributed by atoms with Crippen LogP contribution >= 0.6 is 0 Å². The number of hydrogen-bond acceptors (Lipinski definition) is 10. The van der Waals surface area contributed by atoms with Crippen LogP contribution in [0.5, 0.6) is 0 Å². The maximum Gasteiger partial charge on any atom is 0.326 e. The van der Waals surface area contributed by atoms with Crippen LogP contribution in [-0.4, -0.2) is 84.2 Å². The molecule has 0 bridgehead atoms. The van der Waals surface area contributed by atoms with Gasteiger partial charge in [0.15, 0.2) is 18.4 Å². The first-order valence-electron chi connectivity index (χ1n) is 8.49. The summed E-state index contributed by atoms with van der Waals surface area (Å²) >= 11 is 0. The van der Waals surface area contributed by atoms with Gasteiger partial charge in [0.25, 0.3) is 0 Å². The Bertz CT molecular complexity index is 666. The molecule has 0 aliphatic carbocycles. The van der Waals surface area contributed by atoms with Crippen LogP contribution in [0.4, 0.5) is 4.79 Å². The van der Waals surface area contributed by atoms with Gasteiger partial charge in [-0.1, -0.05) is 0 Å². The van der Waals surface area contributed by atoms with Crippen molar-refractivity contribution in [2.75, 3.05) is 19.8 Å². The van der Waals surface area contributed by atoms with E-state index in [0.29, 0.717) is 0 Å². The van der Waals surface area contributed by atoms with E-state index < -0.39 is 66.9 Å². The number of nitrogens with zero attached hydrogens (tertiary/aromatic N) is 1. The number of urea groups is 1. The highest BCUT2D eigenvalue weighted by Gasteiger charge is 2.54. The molecule has 2 rings (SSSR count). The van der Waals surface area contributed by atoms with E-state index in [-0.39, 0.29) is 13.2 Å². The van der Waals surface area contributed by atoms with Crippen LogP contribution in [0.2, 0.25) is 0 Å². The Morgan fingerprint density at radius 2 is 1.71 bits per heavy atom. The molecular weight excluding hydrogens is 380 g/mol. The van der Waals surface area contributed by atoms with Crippen molar-refractivity contribution in [1.82, 2.24) is 10.2 Å². The maximum absolute atomic E-state index is 12.3. The summed E-state index contributed by atoms with van der Waals surface area (Å²) in [6.07, 6.45) is -4.67. The Labute approximate surface area is 160 Å². The van der Waals surface area contributed by atoms with E-state index in [0.717, 1.165) is 18.7 Å². The van der Waals surface area contributed by atoms with E-state index in [1.807, 2.05) is 0 Å². The predicted octanol–water partition coefficient (Wildman–Crippen LogP) is -1.70. The molecule has 2 aliphatic heterocycles. The third-order valence-electron chi connectivity index (χ3n) is 4.15. The molecule has 156 valence electrons. The molecule has 0 aromatic carbocycles. The minimum Gasteiger partial charge on any atom is -0.463 e. The first-order chi connectivity index (χ1) is 13.1. The molecule has 0 spiro atoms. The Balaban J connectivity index is 2.32. The summed E-state index contributed by atoms with van der Waals surface area (Å²) in [5.41, 5.74) is 0. The molecule has 2 saturated heterocycles. The molecule has 0 aromatic heterocycles. The molecule has 28 heavy (non-hydrogen) atoms. The zero-order valence-corrected chi connectivity index (χ0v) is 15.6. The van der Waals surface area contributed by atoms with Crippen molar-refractivity contribution in [2.45, 2.75) is 45.3 Å². The van der Waals surface area contributed by atoms with Gasteiger partial charge in [0.2, 0.25) is 5.91 Å². The summed E-state index contributed by atoms with van der Waals surface area (Å²) in [4.78, 5) is 59.3. The van der Waals surface area contributed by atoms with Crippen LogP contribution in [0.3, 0.4) is 0 Å². The van der Waals surface area contributed by atoms with Gasteiger partial charge in [-0.2, -0.15) is 0 Å². The lowest BCUT2D eigenvalue weighted by atomic mass is 10.1. The smallest absolute Gasteiger partial charge is 0.326 e. The van der Waals surface area contributed by atoms with Crippen molar-refractivity contribution in [1.29, 1.82) is 0 Å². The van der Waals surface area contributed by atoms with Gasteiger partial charge in [0.1, 0.15) is 12.7 Å². The van der Waals surface area contributed by atoms with Gasteiger partial charge in [0.05, 0.1) is 12.5 Å². The van der Waals surface area contributed by atoms with Gasteiger partial charge in [-0.15, -0.1) is 0 Å². The van der Waals surface area contributed by atoms with E-state index in [4.69, 9.17) is 18.9 Å². The van der Waals surface area contributed by atoms with Crippen molar-refractivity contribution in [3.63, 3.8) is 0 Å². The van der Waals surface area contributed by atoms with E-state index in [2.05, 4.69) is 5.32 Å². The molecule has 2 aliphatic rings. The number of hydrogen-bond donors (Lipinski definition) is 2. The number of carbonyl (C=O) groups is 5. The fourth-order valence-electron chi connectivity index (χ4n) is 2.99. The molecule has 12 nitrogen and oxygen atoms in total. The molecule has 2 N–H and O–H groups in total. The zero-order chi connectivity index (χ0) is 21.0. The molecule has 0 saturated carbocycles. The molecule has 1 unspecified atom stereocenters. The summed E-state index contributed by atoms with van der Waals surface area (Å²) in [5, 5.41) is 11.4. The number of carbonyl (C=O) groups excluding carboxylic acids is 5. The van der Waals surface area contributed by atoms with E-state index >= 15 is 0 Å².